The van der Waals surface area contributed by atoms with Crippen LogP contribution in [-0.2, 0) is 0 Å². The lowest BCUT2D eigenvalue weighted by Gasteiger charge is -2.09. The van der Waals surface area contributed by atoms with Crippen molar-refractivity contribution < 1.29 is 13.9 Å². The molecule has 1 heterocycles. The summed E-state index contributed by atoms with van der Waals surface area (Å²) in [6.07, 6.45) is 1.76. The van der Waals surface area contributed by atoms with E-state index in [4.69, 9.17) is 25.4 Å². The Balaban J connectivity index is 0.00000294. The molecule has 4 rings (SSSR count). The Morgan fingerprint density at radius 1 is 0.707 bits per heavy atom. The van der Waals surface area contributed by atoms with Gasteiger partial charge in [-0.15, -0.1) is 24.8 Å². The van der Waals surface area contributed by atoms with Crippen molar-refractivity contribution in [3.63, 3.8) is 0 Å². The third-order valence-corrected chi connectivity index (χ3v) is 5.96. The summed E-state index contributed by atoms with van der Waals surface area (Å²) in [5, 5.41) is 1.01. The number of hydrogen-bond donors (Lipinski definition) is 2. The number of hydrogen-bond acceptors (Lipinski definition) is 5. The van der Waals surface area contributed by atoms with Gasteiger partial charge in [0.1, 0.15) is 34.5 Å². The van der Waals surface area contributed by atoms with Crippen LogP contribution in [0, 0.1) is 0 Å². The number of furan rings is 1. The number of nitrogens with zero attached hydrogens (tertiary/aromatic N) is 2. The zero-order chi connectivity index (χ0) is 27.8. The molecule has 220 valence electrons. The van der Waals surface area contributed by atoms with Crippen molar-refractivity contribution in [2.75, 3.05) is 13.2 Å². The highest BCUT2D eigenvalue weighted by Crippen LogP contribution is 2.30. The van der Waals surface area contributed by atoms with Crippen LogP contribution in [0.15, 0.2) is 87.2 Å². The fourth-order valence-corrected chi connectivity index (χ4v) is 4.08. The van der Waals surface area contributed by atoms with E-state index in [0.29, 0.717) is 24.9 Å². The van der Waals surface area contributed by atoms with Gasteiger partial charge in [0.25, 0.3) is 0 Å². The molecule has 0 bridgehead atoms. The number of halogens is 2. The van der Waals surface area contributed by atoms with E-state index in [2.05, 4.69) is 9.98 Å². The third kappa shape index (κ3) is 9.73. The first-order valence-electron chi connectivity index (χ1n) is 13.5. The largest absolute Gasteiger partial charge is 0.494 e. The second-order valence-corrected chi connectivity index (χ2v) is 10.0. The topological polar surface area (TPSA) is 108 Å². The van der Waals surface area contributed by atoms with E-state index in [1.807, 2.05) is 100 Å². The van der Waals surface area contributed by atoms with Gasteiger partial charge in [-0.1, -0.05) is 24.3 Å². The molecule has 4 aromatic rings. The van der Waals surface area contributed by atoms with Gasteiger partial charge in [0.05, 0.1) is 13.2 Å². The van der Waals surface area contributed by atoms with Gasteiger partial charge in [0, 0.05) is 34.2 Å². The molecular formula is C32H40Cl2N4O3. The van der Waals surface area contributed by atoms with Crippen LogP contribution in [0.3, 0.4) is 0 Å². The second-order valence-electron chi connectivity index (χ2n) is 10.0. The van der Waals surface area contributed by atoms with Crippen LogP contribution < -0.4 is 20.9 Å². The van der Waals surface area contributed by atoms with Gasteiger partial charge < -0.3 is 25.4 Å². The smallest absolute Gasteiger partial charge is 0.135 e. The molecule has 0 atom stereocenters. The molecule has 0 aliphatic heterocycles. The Kier molecular flexibility index (Phi) is 13.0. The van der Waals surface area contributed by atoms with E-state index in [1.54, 1.807) is 0 Å². The standard InChI is InChI=1S/C32H38N4O3.2ClH/c1-21(2)35-31(33)23-12-14-27(15-13-23)37-16-5-6-17-38-28-9-7-8-24(18-28)29-19-25-10-11-26(20-30(25)39-29)32(34)36-22(3)4;;/h7-15,18-22H,5-6,16-17H2,1-4H3,(H2,33,35)(H2,34,36);2*1H. The average Bonchev–Trinajstić information content (AvgIpc) is 3.34. The van der Waals surface area contributed by atoms with E-state index < -0.39 is 0 Å². The first kappa shape index (κ1) is 33.5. The summed E-state index contributed by atoms with van der Waals surface area (Å²) in [5.41, 5.74) is 15.6. The quantitative estimate of drug-likeness (QED) is 0.100. The third-order valence-electron chi connectivity index (χ3n) is 5.96. The Hall–Kier alpha value is -3.68. The molecule has 0 saturated heterocycles. The van der Waals surface area contributed by atoms with E-state index in [9.17, 15) is 0 Å². The minimum absolute atomic E-state index is 0. The Morgan fingerprint density at radius 2 is 1.29 bits per heavy atom. The van der Waals surface area contributed by atoms with Gasteiger partial charge in [0.2, 0.25) is 0 Å². The predicted molar refractivity (Wildman–Crippen MR) is 175 cm³/mol. The van der Waals surface area contributed by atoms with Crippen molar-refractivity contribution in [1.82, 2.24) is 0 Å². The van der Waals surface area contributed by atoms with Crippen LogP contribution >= 0.6 is 24.8 Å². The zero-order valence-electron chi connectivity index (χ0n) is 24.0. The summed E-state index contributed by atoms with van der Waals surface area (Å²) in [4.78, 5) is 8.80. The summed E-state index contributed by atoms with van der Waals surface area (Å²) in [6, 6.07) is 23.9. The highest BCUT2D eigenvalue weighted by Gasteiger charge is 2.10. The number of benzene rings is 3. The van der Waals surface area contributed by atoms with E-state index in [0.717, 1.165) is 57.8 Å². The van der Waals surface area contributed by atoms with Gasteiger partial charge in [-0.05, 0) is 89.1 Å². The van der Waals surface area contributed by atoms with Crippen LogP contribution in [0.2, 0.25) is 0 Å². The van der Waals surface area contributed by atoms with Gasteiger partial charge >= 0.3 is 0 Å². The van der Waals surface area contributed by atoms with Crippen molar-refractivity contribution in [1.29, 1.82) is 0 Å². The van der Waals surface area contributed by atoms with Crippen LogP contribution in [0.4, 0.5) is 0 Å². The van der Waals surface area contributed by atoms with Crippen LogP contribution in [-0.4, -0.2) is 37.0 Å². The first-order chi connectivity index (χ1) is 18.8. The van der Waals surface area contributed by atoms with Gasteiger partial charge in [-0.2, -0.15) is 0 Å². The van der Waals surface area contributed by atoms with Crippen LogP contribution in [0.5, 0.6) is 11.5 Å². The molecule has 0 spiro atoms. The number of amidine groups is 2. The summed E-state index contributed by atoms with van der Waals surface area (Å²) in [6.45, 7) is 9.23. The Labute approximate surface area is 254 Å². The van der Waals surface area contributed by atoms with Crippen molar-refractivity contribution in [2.24, 2.45) is 21.5 Å². The first-order valence-corrected chi connectivity index (χ1v) is 13.5. The lowest BCUT2D eigenvalue weighted by molar-refractivity contribution is 0.266. The van der Waals surface area contributed by atoms with Crippen molar-refractivity contribution in [3.8, 4) is 22.8 Å². The SMILES string of the molecule is CC(C)N=C(N)c1ccc(OCCCCOc2cccc(-c3cc4ccc(C(N)=NC(C)C)cc4o3)c2)cc1.Cl.Cl. The van der Waals surface area contributed by atoms with Crippen molar-refractivity contribution in [2.45, 2.75) is 52.6 Å². The van der Waals surface area contributed by atoms with Crippen molar-refractivity contribution >= 4 is 47.5 Å². The minimum Gasteiger partial charge on any atom is -0.494 e. The monoisotopic (exact) mass is 598 g/mol. The molecule has 0 saturated carbocycles. The zero-order valence-corrected chi connectivity index (χ0v) is 25.6. The molecule has 41 heavy (non-hydrogen) atoms. The molecule has 0 aliphatic rings. The lowest BCUT2D eigenvalue weighted by Crippen LogP contribution is -2.15. The van der Waals surface area contributed by atoms with Gasteiger partial charge in [-0.3, -0.25) is 9.98 Å². The van der Waals surface area contributed by atoms with E-state index in [-0.39, 0.29) is 36.9 Å². The fourth-order valence-electron chi connectivity index (χ4n) is 4.08. The second kappa shape index (κ2) is 15.9. The molecule has 0 radical (unpaired) electrons. The molecule has 0 amide bonds. The summed E-state index contributed by atoms with van der Waals surface area (Å²) >= 11 is 0. The molecule has 3 aromatic carbocycles. The highest BCUT2D eigenvalue weighted by molar-refractivity contribution is 6.00. The number of rotatable bonds is 12. The Morgan fingerprint density at radius 3 is 1.93 bits per heavy atom. The molecule has 0 unspecified atom stereocenters. The fraction of sp³-hybridized carbons (Fsp3) is 0.312. The molecule has 0 aliphatic carbocycles. The molecule has 7 nitrogen and oxygen atoms in total. The number of nitrogens with two attached hydrogens (primary N) is 2. The minimum atomic E-state index is 0. The molecule has 4 N–H and O–H groups in total. The van der Waals surface area contributed by atoms with Gasteiger partial charge in [0.15, 0.2) is 0 Å². The summed E-state index contributed by atoms with van der Waals surface area (Å²) < 4.78 is 18.0. The van der Waals surface area contributed by atoms with Crippen LogP contribution in [0.1, 0.15) is 51.7 Å². The average molecular weight is 600 g/mol. The number of aliphatic imine (C=N–C) groups is 2. The molecule has 9 heteroatoms. The van der Waals surface area contributed by atoms with Crippen molar-refractivity contribution in [3.05, 3.63) is 83.9 Å². The molecule has 1 aromatic heterocycles. The van der Waals surface area contributed by atoms with Gasteiger partial charge in [-0.25, -0.2) is 0 Å². The maximum Gasteiger partial charge on any atom is 0.135 e. The van der Waals surface area contributed by atoms with E-state index in [1.165, 1.54) is 0 Å². The normalized spacial score (nSPS) is 11.9. The lowest BCUT2D eigenvalue weighted by atomic mass is 10.1. The molecule has 0 fully saturated rings. The highest BCUT2D eigenvalue weighted by atomic mass is 35.5. The van der Waals surface area contributed by atoms with Crippen LogP contribution in [0.25, 0.3) is 22.3 Å². The number of ether oxygens (including phenoxy) is 2. The molecular weight excluding hydrogens is 559 g/mol. The predicted octanol–water partition coefficient (Wildman–Crippen LogP) is 7.41. The number of unbranched alkanes of at least 4 members (excludes halogenated alkanes) is 1. The van der Waals surface area contributed by atoms with E-state index >= 15 is 0 Å². The summed E-state index contributed by atoms with van der Waals surface area (Å²) in [5.74, 6) is 3.46. The summed E-state index contributed by atoms with van der Waals surface area (Å²) in [7, 11) is 0. The maximum absolute atomic E-state index is 6.15. The maximum atomic E-state index is 6.15. The number of fused-ring (bicyclic) bond motifs is 1. The Bertz CT molecular complexity index is 1450.